The van der Waals surface area contributed by atoms with Gasteiger partial charge in [-0.25, -0.2) is 56.3 Å². The summed E-state index contributed by atoms with van der Waals surface area (Å²) in [6, 6.07) is 43.5. The summed E-state index contributed by atoms with van der Waals surface area (Å²) in [4.78, 5) is 142. The van der Waals surface area contributed by atoms with Crippen LogP contribution in [0.3, 0.4) is 0 Å². The normalized spacial score (nSPS) is 11.9. The minimum Gasteiger partial charge on any atom is -0.870 e. The maximum absolute atomic E-state index is 13.5. The van der Waals surface area contributed by atoms with Crippen LogP contribution >= 0.6 is 54.5 Å². The molecular weight excluding hydrogens is 2290 g/mol. The summed E-state index contributed by atoms with van der Waals surface area (Å²) in [5, 5.41) is 82.3. The van der Waals surface area contributed by atoms with E-state index < -0.39 is 128 Å². The zero-order valence-electron chi connectivity index (χ0n) is 82.9. The molecule has 0 saturated carbocycles. The number of hydrogen-bond donors (Lipinski definition) is 8. The van der Waals surface area contributed by atoms with Crippen LogP contribution in [0.15, 0.2) is 249 Å². The van der Waals surface area contributed by atoms with Gasteiger partial charge in [-0.05, 0) is 190 Å². The maximum Gasteiger partial charge on any atom is 1.00 e. The van der Waals surface area contributed by atoms with E-state index >= 15 is 0 Å². The monoisotopic (exact) mass is 2380 g/mol. The third-order valence-corrected chi connectivity index (χ3v) is 28.1. The number of rotatable bonds is 25. The summed E-state index contributed by atoms with van der Waals surface area (Å²) in [5.41, 5.74) is 15.5. The second-order valence-corrected chi connectivity index (χ2v) is 41.6. The SMILES string of the molecule is COC(=O)[C@@H](N)Cc1cn(S(=O)(=O)c2ccc(C)cc2)c2cccc([N+](=O)[O-])c12.COC(=O)[C@H](CI)NC(=O)OC(C)(C)C.COC(=O)[C@H](Cc1cn(S(=O)(=O)c2ccc(C)cc2)c2cccc([N+](=O)[O-])c12)NC(=O)OC(C)(C)C.Cc1ccc(S(=O)(=O)n2cc(Br)c3c([N+](=O)[O-])cccc32)cc1.N[C@@H](Cc1c[nH]c2cccc([N+](=O)[O-])c12)C(=O)O.O=[N+]([O-])c1cccc2[nH]cc(Br)c12.O=[N+]([O-])c1cccc2[nH]ccc12.[2H]CF.[Na+].[OH-]. The number of halogens is 4. The average Bonchev–Trinajstić information content (AvgIpc) is 1.59. The molecule has 0 unspecified atom stereocenters. The Bertz CT molecular complexity index is 7900. The van der Waals surface area contributed by atoms with Gasteiger partial charge in [0.05, 0.1) is 144 Å². The van der Waals surface area contributed by atoms with E-state index in [1.165, 1.54) is 136 Å². The van der Waals surface area contributed by atoms with Crippen LogP contribution in [-0.4, -0.2) is 197 Å². The van der Waals surface area contributed by atoms with Gasteiger partial charge in [-0.3, -0.25) is 74.7 Å². The molecule has 0 saturated heterocycles. The fourth-order valence-electron chi connectivity index (χ4n) is 14.3. The van der Waals surface area contributed by atoms with Crippen LogP contribution < -0.4 is 51.7 Å². The number of nitrogens with zero attached hydrogens (tertiary/aromatic N) is 9. The maximum atomic E-state index is 13.5. The number of benzene rings is 9. The van der Waals surface area contributed by atoms with Gasteiger partial charge in [0.1, 0.15) is 35.4 Å². The van der Waals surface area contributed by atoms with Crippen LogP contribution in [-0.2, 0) is 92.2 Å². The number of non-ortho nitro benzene ring substituents is 6. The van der Waals surface area contributed by atoms with Crippen molar-refractivity contribution in [3.63, 3.8) is 0 Å². The zero-order valence-corrected chi connectivity index (χ0v) is 91.6. The van der Waals surface area contributed by atoms with Gasteiger partial charge in [0.2, 0.25) is 0 Å². The van der Waals surface area contributed by atoms with Crippen molar-refractivity contribution < 1.29 is 153 Å². The number of ether oxygens (including phenoxy) is 5. The summed E-state index contributed by atoms with van der Waals surface area (Å²) >= 11 is 8.46. The number of carbonyl (C=O) groups is 6. The number of nitro groups is 6. The van der Waals surface area contributed by atoms with Gasteiger partial charge in [0.25, 0.3) is 64.2 Å². The molecular formula is C95H99Br2FIN16NaO31S3. The molecule has 0 aliphatic rings. The Morgan fingerprint density at radius 3 is 1.14 bits per heavy atom. The molecule has 6 heterocycles. The van der Waals surface area contributed by atoms with E-state index in [0.717, 1.165) is 51.2 Å². The molecule has 15 rings (SSSR count). The van der Waals surface area contributed by atoms with Crippen molar-refractivity contribution in [2.45, 2.75) is 132 Å². The summed E-state index contributed by atoms with van der Waals surface area (Å²) in [6.07, 6.45) is 6.89. The number of esters is 3. The number of alkyl carbamates (subject to hydrolysis) is 2. The number of aliphatic carboxylic acids is 1. The Morgan fingerprint density at radius 1 is 0.440 bits per heavy atom. The van der Waals surface area contributed by atoms with Gasteiger partial charge in [0.15, 0.2) is 0 Å². The molecule has 6 aromatic heterocycles. The molecule has 11 N–H and O–H groups in total. The van der Waals surface area contributed by atoms with Gasteiger partial charge < -0.3 is 71.3 Å². The van der Waals surface area contributed by atoms with E-state index in [4.69, 9.17) is 32.2 Å². The van der Waals surface area contributed by atoms with Crippen molar-refractivity contribution in [2.24, 2.45) is 11.5 Å². The van der Waals surface area contributed by atoms with E-state index in [-0.39, 0.29) is 157 Å². The molecule has 9 aromatic carbocycles. The third kappa shape index (κ3) is 31.3. The van der Waals surface area contributed by atoms with E-state index in [1.807, 2.05) is 49.4 Å². The van der Waals surface area contributed by atoms with Crippen LogP contribution in [0.25, 0.3) is 65.4 Å². The number of nitro benzene ring substituents is 6. The summed E-state index contributed by atoms with van der Waals surface area (Å²) in [5.74, 6) is -3.15. The van der Waals surface area contributed by atoms with E-state index in [0.29, 0.717) is 36.1 Å². The van der Waals surface area contributed by atoms with Gasteiger partial charge in [0, 0.05) is 102 Å². The van der Waals surface area contributed by atoms with Gasteiger partial charge in [-0.15, -0.1) is 0 Å². The van der Waals surface area contributed by atoms with Crippen LogP contribution in [0.1, 0.15) is 76.3 Å². The van der Waals surface area contributed by atoms with Crippen molar-refractivity contribution in [1.29, 1.82) is 0 Å². The van der Waals surface area contributed by atoms with Crippen LogP contribution in [0, 0.1) is 81.5 Å². The minimum atomic E-state index is -4.15. The van der Waals surface area contributed by atoms with Crippen molar-refractivity contribution in [3.05, 3.63) is 328 Å². The minimum absolute atomic E-state index is 0. The van der Waals surface area contributed by atoms with Crippen LogP contribution in [0.4, 0.5) is 48.1 Å². The van der Waals surface area contributed by atoms with Gasteiger partial charge in [-0.1, -0.05) is 112 Å². The van der Waals surface area contributed by atoms with Crippen molar-refractivity contribution in [1.82, 2.24) is 37.5 Å². The Labute approximate surface area is 907 Å². The predicted molar refractivity (Wildman–Crippen MR) is 562 cm³/mol. The number of methoxy groups -OCH3 is 3. The Kier molecular flexibility index (Phi) is 44.1. The Hall–Kier alpha value is -14.6. The van der Waals surface area contributed by atoms with Crippen molar-refractivity contribution in [2.75, 3.05) is 32.9 Å². The molecule has 0 radical (unpaired) electrons. The number of carbonyl (C=O) groups excluding carboxylic acids is 5. The molecule has 55 heteroatoms. The van der Waals surface area contributed by atoms with Crippen molar-refractivity contribution >= 4 is 220 Å². The quantitative estimate of drug-likeness (QED) is 0.00501. The van der Waals surface area contributed by atoms with E-state index in [2.05, 4.69) is 66.9 Å². The second-order valence-electron chi connectivity index (χ2n) is 33.5. The number of aryl methyl sites for hydroxylation is 3. The van der Waals surface area contributed by atoms with Crippen LogP contribution in [0.2, 0.25) is 0 Å². The number of aromatic nitrogens is 6. The predicted octanol–water partition coefficient (Wildman–Crippen LogP) is 14.5. The fourth-order valence-corrected chi connectivity index (χ4v) is 20.3. The number of nitrogens with one attached hydrogen (secondary N) is 5. The molecule has 4 atom stereocenters. The Balaban J connectivity index is 0.000000275. The molecule has 0 fully saturated rings. The standard InChI is InChI=1S/C24H27N3O8S.C19H19N3O6S.C15H11BrN2O4S.C11H11N3O4.C9H16INO4.C8H5BrN2O2.C8H6N2O2.CH3F.Na.H2O/c1-15-9-11-17(12-10-15)36(32,33)26-14-16(21-19(26)7-6-8-20(21)27(30)31)13-18(22(28)34-5)25-23(29)35-24(2,3)4;1-12-6-8-14(9-7-12)29(26,27)21-11-13(10-15(20)19(23)28-2)18-16(21)4-3-5-17(18)22(24)25;1-10-5-7-11(8-6-10)23(21,22)17-9-12(16)15-13(17)3-2-4-14(15)18(19)20;12-7(11(15)16)4-6-5-13-8-2-1-3-9(10(6)8)14(17)18;1-9(2,3)15-8(13)11-6(5-10)7(12)14-4;9-5-4-10-6-2-1-3-7(8(5)6)11(12)13;11-10(12)8-3-1-2-7-6(8)4-5-9-7;1-2;;/h6-12,14,18H,13H2,1-5H3,(H,25,29);3-9,11,15H,10,20H2,1-2H3;2-9H,1H3;1-3,5,7,13H,4,12H2,(H,15,16);6H,5H2,1-4H3,(H,11,13);1-4,10H;1-5,9H;1H3;;1H2/q;;;;;;;;+1;/p-1/t18-;15-;;7-;6-;;;;;/m00.00...../s1/i;;;;;;;1D;;. The number of amides is 2. The summed E-state index contributed by atoms with van der Waals surface area (Å²) < 4.78 is 123. The van der Waals surface area contributed by atoms with E-state index in [9.17, 15) is 119 Å². The number of carboxylic acids is 1. The molecule has 15 aromatic rings. The number of H-pyrrole nitrogens is 3. The summed E-state index contributed by atoms with van der Waals surface area (Å²) in [7, 11) is -9.44. The topological polar surface area (TPSA) is 698 Å². The van der Waals surface area contributed by atoms with E-state index in [1.54, 1.807) is 139 Å². The van der Waals surface area contributed by atoms with Crippen LogP contribution in [0.5, 0.6) is 0 Å². The largest absolute Gasteiger partial charge is 1.00 e. The number of aromatic amines is 3. The first kappa shape index (κ1) is 122. The molecule has 0 spiro atoms. The van der Waals surface area contributed by atoms with Crippen molar-refractivity contribution in [3.8, 4) is 0 Å². The van der Waals surface area contributed by atoms with Gasteiger partial charge >= 0.3 is 65.6 Å². The molecule has 2 amide bonds. The molecule has 0 aliphatic heterocycles. The second kappa shape index (κ2) is 54.0. The fraction of sp³-hybridized carbons (Fsp3) is 0.242. The molecule has 792 valence electrons. The summed E-state index contributed by atoms with van der Waals surface area (Å²) in [6.45, 7) is 15.7. The van der Waals surface area contributed by atoms with Gasteiger partial charge in [-0.2, -0.15) is 0 Å². The Morgan fingerprint density at radius 2 is 0.760 bits per heavy atom. The number of fused-ring (bicyclic) bond motifs is 6. The third-order valence-electron chi connectivity index (χ3n) is 21.0. The molecule has 0 aliphatic carbocycles. The molecule has 0 bridgehead atoms. The zero-order chi connectivity index (χ0) is 111. The number of alkyl halides is 2. The molecule has 150 heavy (non-hydrogen) atoms. The number of hydrogen-bond acceptors (Lipinski definition) is 32. The smallest absolute Gasteiger partial charge is 0.870 e. The number of nitrogens with two attached hydrogens (primary N) is 2. The average molecular weight is 2390 g/mol. The first-order valence-electron chi connectivity index (χ1n) is 43.8. The first-order valence-corrected chi connectivity index (χ1v) is 50.5. The number of carboxylic acid groups (broad SMARTS) is 1. The first-order chi connectivity index (χ1) is 69.9. The molecule has 47 nitrogen and oxygen atoms in total.